The molecule has 1 aliphatic rings. The molecule has 27 heavy (non-hydrogen) atoms. The van der Waals surface area contributed by atoms with Crippen LogP contribution in [0.25, 0.3) is 0 Å². The van der Waals surface area contributed by atoms with Crippen molar-refractivity contribution in [2.45, 2.75) is 83.7 Å². The summed E-state index contributed by atoms with van der Waals surface area (Å²) in [5.74, 6) is -0.482. The van der Waals surface area contributed by atoms with Gasteiger partial charge in [-0.15, -0.1) is 0 Å². The number of esters is 1. The Bertz CT molecular complexity index is 547. The second-order valence-corrected chi connectivity index (χ2v) is 36.8. The van der Waals surface area contributed by atoms with Gasteiger partial charge in [0, 0.05) is 25.4 Å². The summed E-state index contributed by atoms with van der Waals surface area (Å²) in [5.41, 5.74) is 0.332. The van der Waals surface area contributed by atoms with Crippen molar-refractivity contribution in [2.75, 3.05) is 19.8 Å². The van der Waals surface area contributed by atoms with Gasteiger partial charge in [0.05, 0.1) is 13.7 Å². The first-order chi connectivity index (χ1) is 12.1. The lowest BCUT2D eigenvalue weighted by atomic mass is 10.2. The third kappa shape index (κ3) is 6.37. The van der Waals surface area contributed by atoms with Gasteiger partial charge < -0.3 is 19.0 Å². The minimum atomic E-state index is -1.78. The number of aliphatic hydroxyl groups is 1. The fourth-order valence-electron chi connectivity index (χ4n) is 4.21. The van der Waals surface area contributed by atoms with Gasteiger partial charge in [-0.25, -0.2) is 4.79 Å². The summed E-state index contributed by atoms with van der Waals surface area (Å²) in [4.78, 5) is 11.3. The Morgan fingerprint density at radius 3 is 2.37 bits per heavy atom. The molecule has 0 saturated carbocycles. The topological polar surface area (TPSA) is 65.0 Å². The Balaban J connectivity index is 2.46. The number of hydrogen-bond donors (Lipinski definition) is 1. The van der Waals surface area contributed by atoms with Crippen LogP contribution >= 0.6 is 0 Å². The normalized spacial score (nSPS) is 27.0. The molecule has 0 aromatic rings. The third-order valence-electron chi connectivity index (χ3n) is 6.39. The number of carbonyl (C=O) groups excluding carboxylic acids is 1. The van der Waals surface area contributed by atoms with Crippen molar-refractivity contribution in [1.82, 2.24) is 0 Å². The lowest BCUT2D eigenvalue weighted by Crippen LogP contribution is -2.78. The molecule has 1 saturated heterocycles. The van der Waals surface area contributed by atoms with Gasteiger partial charge in [0.1, 0.15) is 12.7 Å². The molecule has 0 bridgehead atoms. The number of carbonyl (C=O) groups is 1. The van der Waals surface area contributed by atoms with E-state index in [0.29, 0.717) is 12.2 Å². The van der Waals surface area contributed by atoms with E-state index in [1.807, 2.05) is 0 Å². The number of rotatable bonds is 9. The molecule has 0 amide bonds. The van der Waals surface area contributed by atoms with Gasteiger partial charge >= 0.3 is 5.97 Å². The summed E-state index contributed by atoms with van der Waals surface area (Å²) in [7, 11) is -4.44. The van der Waals surface area contributed by atoms with Crippen molar-refractivity contribution < 1.29 is 23.8 Å². The van der Waals surface area contributed by atoms with E-state index in [1.165, 1.54) is 6.04 Å². The molecule has 2 atom stereocenters. The molecule has 0 aromatic heterocycles. The van der Waals surface area contributed by atoms with Crippen LogP contribution in [-0.2, 0) is 18.7 Å². The first-order valence-corrected chi connectivity index (χ1v) is 20.7. The molecular weight excluding hydrogens is 392 g/mol. The Kier molecular flexibility index (Phi) is 8.30. The van der Waals surface area contributed by atoms with Crippen LogP contribution in [0.1, 0.15) is 27.2 Å². The average Bonchev–Trinajstić information content (AvgIpc) is 2.48. The van der Waals surface area contributed by atoms with E-state index in [2.05, 4.69) is 53.2 Å². The van der Waals surface area contributed by atoms with E-state index in [1.54, 1.807) is 6.92 Å². The van der Waals surface area contributed by atoms with Crippen LogP contribution in [-0.4, -0.2) is 65.1 Å². The molecule has 2 unspecified atom stereocenters. The fraction of sp³-hybridized carbons (Fsp3) is 0.842. The molecule has 158 valence electrons. The second-order valence-electron chi connectivity index (χ2n) is 9.99. The highest BCUT2D eigenvalue weighted by Crippen LogP contribution is 2.45. The SMILES string of the molecule is C=C(C)C(=O)OCC(O)COCCC[Si]1(C)OC(C)(C)C[Si](C)(C)[Si]1(C)C. The Morgan fingerprint density at radius 2 is 1.81 bits per heavy atom. The van der Waals surface area contributed by atoms with Crippen LogP contribution in [0.3, 0.4) is 0 Å². The maximum Gasteiger partial charge on any atom is 0.333 e. The maximum absolute atomic E-state index is 11.3. The highest BCUT2D eigenvalue weighted by atomic mass is 29.6. The van der Waals surface area contributed by atoms with E-state index in [4.69, 9.17) is 13.9 Å². The quantitative estimate of drug-likeness (QED) is 0.260. The van der Waals surface area contributed by atoms with E-state index < -0.39 is 34.6 Å². The molecule has 1 fully saturated rings. The summed E-state index contributed by atoms with van der Waals surface area (Å²) < 4.78 is 17.4. The van der Waals surface area contributed by atoms with Crippen molar-refractivity contribution in [3.63, 3.8) is 0 Å². The molecule has 8 heteroatoms. The Labute approximate surface area is 168 Å². The van der Waals surface area contributed by atoms with Crippen molar-refractivity contribution in [1.29, 1.82) is 0 Å². The van der Waals surface area contributed by atoms with Crippen molar-refractivity contribution >= 4 is 28.5 Å². The molecule has 0 spiro atoms. The summed E-state index contributed by atoms with van der Waals surface area (Å²) in [5, 5.41) is 9.86. The molecule has 0 aromatic carbocycles. The summed E-state index contributed by atoms with van der Waals surface area (Å²) >= 11 is 0. The molecule has 1 heterocycles. The smallest absolute Gasteiger partial charge is 0.333 e. The molecule has 1 rings (SSSR count). The summed E-state index contributed by atoms with van der Waals surface area (Å²) in [6.07, 6.45) is 0.154. The van der Waals surface area contributed by atoms with Crippen molar-refractivity contribution in [2.24, 2.45) is 0 Å². The monoisotopic (exact) mass is 432 g/mol. The first kappa shape index (κ1) is 24.8. The van der Waals surface area contributed by atoms with E-state index in [9.17, 15) is 9.90 Å². The van der Waals surface area contributed by atoms with Gasteiger partial charge in [0.25, 0.3) is 0 Å². The lowest BCUT2D eigenvalue weighted by Gasteiger charge is -2.59. The standard InChI is InChI=1S/C19H40O5Si3/c1-16(2)18(21)23-14-17(20)13-22-11-10-12-27(9)24-19(3,4)15-25(5,6)26(27,7)8/h17,20H,1,10-15H2,2-9H3. The van der Waals surface area contributed by atoms with Gasteiger partial charge in [-0.3, -0.25) is 0 Å². The van der Waals surface area contributed by atoms with Gasteiger partial charge in [-0.2, -0.15) is 0 Å². The molecule has 0 radical (unpaired) electrons. The van der Waals surface area contributed by atoms with Crippen molar-refractivity contribution in [3.8, 4) is 0 Å². The zero-order valence-corrected chi connectivity index (χ0v) is 21.6. The number of aliphatic hydroxyl groups excluding tert-OH is 1. The summed E-state index contributed by atoms with van der Waals surface area (Å²) in [6.45, 7) is 23.0. The zero-order valence-electron chi connectivity index (χ0n) is 18.6. The predicted molar refractivity (Wildman–Crippen MR) is 119 cm³/mol. The number of hydrogen-bond acceptors (Lipinski definition) is 5. The maximum atomic E-state index is 11.3. The van der Waals surface area contributed by atoms with Gasteiger partial charge in [-0.1, -0.05) is 32.8 Å². The fourth-order valence-corrected chi connectivity index (χ4v) is 37.7. The minimum Gasteiger partial charge on any atom is -0.460 e. The first-order valence-electron chi connectivity index (χ1n) is 9.92. The largest absolute Gasteiger partial charge is 0.460 e. The molecule has 5 nitrogen and oxygen atoms in total. The average molecular weight is 433 g/mol. The van der Waals surface area contributed by atoms with E-state index in [-0.39, 0.29) is 18.8 Å². The predicted octanol–water partition coefficient (Wildman–Crippen LogP) is 3.83. The highest BCUT2D eigenvalue weighted by molar-refractivity contribution is 7.67. The third-order valence-corrected chi connectivity index (χ3v) is 47.0. The van der Waals surface area contributed by atoms with Crippen LogP contribution in [0.2, 0.25) is 44.8 Å². The molecule has 0 aliphatic carbocycles. The van der Waals surface area contributed by atoms with Gasteiger partial charge in [0.15, 0.2) is 7.83 Å². The second kappa shape index (κ2) is 9.04. The Hall–Kier alpha value is -0.259. The van der Waals surface area contributed by atoms with Crippen LogP contribution < -0.4 is 0 Å². The highest BCUT2D eigenvalue weighted by Gasteiger charge is 2.62. The van der Waals surface area contributed by atoms with Gasteiger partial charge in [0.2, 0.25) is 0 Å². The van der Waals surface area contributed by atoms with Crippen LogP contribution in [0.4, 0.5) is 0 Å². The zero-order chi connectivity index (χ0) is 21.1. The Morgan fingerprint density at radius 1 is 1.22 bits per heavy atom. The molecule has 1 aliphatic heterocycles. The van der Waals surface area contributed by atoms with Crippen LogP contribution in [0.5, 0.6) is 0 Å². The number of ether oxygens (including phenoxy) is 2. The van der Waals surface area contributed by atoms with Crippen LogP contribution in [0.15, 0.2) is 12.2 Å². The van der Waals surface area contributed by atoms with Gasteiger partial charge in [-0.05, 0) is 45.8 Å². The van der Waals surface area contributed by atoms with Crippen LogP contribution in [0, 0.1) is 0 Å². The van der Waals surface area contributed by atoms with E-state index >= 15 is 0 Å². The minimum absolute atomic E-state index is 0.00340. The molecule has 1 N–H and O–H groups in total. The lowest BCUT2D eigenvalue weighted by molar-refractivity contribution is -0.143. The van der Waals surface area contributed by atoms with Crippen molar-refractivity contribution in [3.05, 3.63) is 12.2 Å². The summed E-state index contributed by atoms with van der Waals surface area (Å²) in [6, 6.07) is 2.38. The van der Waals surface area contributed by atoms with E-state index in [0.717, 1.165) is 12.5 Å². The molecular formula is C19H40O5Si3.